The number of ether oxygens (including phenoxy) is 1. The highest BCUT2D eigenvalue weighted by atomic mass is 19.1. The number of imidazole rings is 1. The Balaban J connectivity index is 1.58. The Hall–Kier alpha value is -4.25. The van der Waals surface area contributed by atoms with E-state index in [2.05, 4.69) is 15.3 Å². The van der Waals surface area contributed by atoms with Gasteiger partial charge in [0.1, 0.15) is 28.3 Å². The van der Waals surface area contributed by atoms with Crippen LogP contribution in [0.25, 0.3) is 16.7 Å². The van der Waals surface area contributed by atoms with Gasteiger partial charge in [0.25, 0.3) is 11.5 Å². The van der Waals surface area contributed by atoms with Crippen LogP contribution in [-0.4, -0.2) is 51.5 Å². The van der Waals surface area contributed by atoms with Crippen LogP contribution in [0.3, 0.4) is 0 Å². The highest BCUT2D eigenvalue weighted by Crippen LogP contribution is 2.36. The summed E-state index contributed by atoms with van der Waals surface area (Å²) in [4.78, 5) is 33.4. The quantitative estimate of drug-likeness (QED) is 0.440. The van der Waals surface area contributed by atoms with Crippen molar-refractivity contribution in [3.05, 3.63) is 70.2 Å². The van der Waals surface area contributed by atoms with Crippen molar-refractivity contribution in [2.45, 2.75) is 19.4 Å². The number of methoxy groups -OCH3 is 1. The molecule has 0 unspecified atom stereocenters. The van der Waals surface area contributed by atoms with E-state index in [0.717, 1.165) is 33.6 Å². The molecule has 4 aromatic rings. The molecule has 0 bridgehead atoms. The average molecular weight is 492 g/mol. The van der Waals surface area contributed by atoms with Crippen LogP contribution in [0.2, 0.25) is 0 Å². The SMILES string of the molecule is COc1cccc(F)c1-n1nccc(C(=O)Nc2ccc3c(nc(C)n3C)c2N2CC[C@H](N)C2)c1=O. The van der Waals surface area contributed by atoms with E-state index >= 15 is 0 Å². The van der Waals surface area contributed by atoms with Gasteiger partial charge in [-0.25, -0.2) is 9.37 Å². The molecular formula is C25H26FN7O3. The fraction of sp³-hybridized carbons (Fsp3) is 0.280. The number of aryl methyl sites for hydroxylation is 2. The lowest BCUT2D eigenvalue weighted by Gasteiger charge is -2.22. The molecular weight excluding hydrogens is 465 g/mol. The lowest BCUT2D eigenvalue weighted by molar-refractivity contribution is 0.102. The molecule has 1 amide bonds. The van der Waals surface area contributed by atoms with Gasteiger partial charge in [0.15, 0.2) is 5.82 Å². The second-order valence-electron chi connectivity index (χ2n) is 8.75. The molecule has 1 fully saturated rings. The molecule has 1 aliphatic heterocycles. The Morgan fingerprint density at radius 2 is 2.03 bits per heavy atom. The molecule has 1 saturated heterocycles. The first-order valence-corrected chi connectivity index (χ1v) is 11.5. The minimum absolute atomic E-state index is 0.0109. The van der Waals surface area contributed by atoms with Gasteiger partial charge >= 0.3 is 0 Å². The van der Waals surface area contributed by atoms with Crippen molar-refractivity contribution >= 4 is 28.3 Å². The van der Waals surface area contributed by atoms with E-state index in [0.29, 0.717) is 18.8 Å². The monoisotopic (exact) mass is 491 g/mol. The van der Waals surface area contributed by atoms with Crippen molar-refractivity contribution in [1.82, 2.24) is 19.3 Å². The minimum atomic E-state index is -0.780. The summed E-state index contributed by atoms with van der Waals surface area (Å²) < 4.78 is 22.6. The van der Waals surface area contributed by atoms with Crippen LogP contribution in [0.15, 0.2) is 47.4 Å². The Labute approximate surface area is 206 Å². The average Bonchev–Trinajstić information content (AvgIpc) is 3.41. The number of para-hydroxylation sites is 1. The van der Waals surface area contributed by atoms with E-state index in [4.69, 9.17) is 15.5 Å². The number of nitrogens with zero attached hydrogens (tertiary/aromatic N) is 5. The molecule has 11 heteroatoms. The number of hydrogen-bond acceptors (Lipinski definition) is 7. The van der Waals surface area contributed by atoms with Crippen molar-refractivity contribution in [1.29, 1.82) is 0 Å². The van der Waals surface area contributed by atoms with Gasteiger partial charge in [-0.2, -0.15) is 9.78 Å². The summed E-state index contributed by atoms with van der Waals surface area (Å²) in [5, 5.41) is 6.84. The van der Waals surface area contributed by atoms with E-state index in [1.807, 2.05) is 24.6 Å². The second-order valence-corrected chi connectivity index (χ2v) is 8.75. The third-order valence-electron chi connectivity index (χ3n) is 6.51. The van der Waals surface area contributed by atoms with Crippen LogP contribution < -0.4 is 26.2 Å². The highest BCUT2D eigenvalue weighted by molar-refractivity contribution is 6.09. The van der Waals surface area contributed by atoms with E-state index < -0.39 is 17.3 Å². The molecule has 1 aliphatic rings. The van der Waals surface area contributed by atoms with Gasteiger partial charge in [-0.05, 0) is 43.7 Å². The molecule has 0 radical (unpaired) electrons. The van der Waals surface area contributed by atoms with E-state index in [9.17, 15) is 14.0 Å². The molecule has 10 nitrogen and oxygen atoms in total. The number of carbonyl (C=O) groups is 1. The molecule has 0 aliphatic carbocycles. The number of aromatic nitrogens is 4. The first kappa shape index (κ1) is 23.5. The van der Waals surface area contributed by atoms with Gasteiger partial charge in [0, 0.05) is 32.4 Å². The Morgan fingerprint density at radius 1 is 1.22 bits per heavy atom. The van der Waals surface area contributed by atoms with Crippen LogP contribution >= 0.6 is 0 Å². The molecule has 3 N–H and O–H groups in total. The van der Waals surface area contributed by atoms with E-state index in [-0.39, 0.29) is 23.0 Å². The molecule has 2 aromatic carbocycles. The minimum Gasteiger partial charge on any atom is -0.494 e. The van der Waals surface area contributed by atoms with E-state index in [1.165, 1.54) is 37.6 Å². The fourth-order valence-electron chi connectivity index (χ4n) is 4.57. The van der Waals surface area contributed by atoms with Crippen LogP contribution in [0.5, 0.6) is 5.75 Å². The van der Waals surface area contributed by atoms with Crippen molar-refractivity contribution < 1.29 is 13.9 Å². The summed E-state index contributed by atoms with van der Waals surface area (Å²) in [6.45, 7) is 3.24. The number of halogens is 1. The molecule has 0 spiro atoms. The summed E-state index contributed by atoms with van der Waals surface area (Å²) in [6.07, 6.45) is 2.09. The third kappa shape index (κ3) is 3.87. The zero-order valence-electron chi connectivity index (χ0n) is 20.2. The van der Waals surface area contributed by atoms with Crippen LogP contribution in [0.1, 0.15) is 22.6 Å². The Morgan fingerprint density at radius 3 is 2.75 bits per heavy atom. The van der Waals surface area contributed by atoms with Crippen molar-refractivity contribution in [3.8, 4) is 11.4 Å². The maximum absolute atomic E-state index is 14.6. The summed E-state index contributed by atoms with van der Waals surface area (Å²) >= 11 is 0. The van der Waals surface area contributed by atoms with E-state index in [1.54, 1.807) is 6.07 Å². The normalized spacial score (nSPS) is 15.5. The molecule has 186 valence electrons. The smallest absolute Gasteiger partial charge is 0.284 e. The molecule has 3 heterocycles. The topological polar surface area (TPSA) is 120 Å². The zero-order chi connectivity index (χ0) is 25.6. The van der Waals surface area contributed by atoms with Crippen LogP contribution in [0, 0.1) is 12.7 Å². The van der Waals surface area contributed by atoms with Gasteiger partial charge in [0.05, 0.1) is 24.0 Å². The highest BCUT2D eigenvalue weighted by Gasteiger charge is 2.27. The van der Waals surface area contributed by atoms with Gasteiger partial charge in [-0.1, -0.05) is 6.07 Å². The first-order chi connectivity index (χ1) is 17.3. The van der Waals surface area contributed by atoms with Gasteiger partial charge in [-0.15, -0.1) is 0 Å². The molecule has 2 aromatic heterocycles. The lowest BCUT2D eigenvalue weighted by atomic mass is 10.2. The predicted molar refractivity (Wildman–Crippen MR) is 135 cm³/mol. The van der Waals surface area contributed by atoms with Gasteiger partial charge < -0.3 is 25.3 Å². The summed E-state index contributed by atoms with van der Waals surface area (Å²) in [5.74, 6) is -0.409. The number of amides is 1. The van der Waals surface area contributed by atoms with Crippen molar-refractivity contribution in [2.75, 3.05) is 30.4 Å². The maximum atomic E-state index is 14.6. The zero-order valence-corrected chi connectivity index (χ0v) is 20.2. The molecule has 5 rings (SSSR count). The second kappa shape index (κ2) is 9.08. The summed E-state index contributed by atoms with van der Waals surface area (Å²) in [5.41, 5.74) is 7.93. The largest absolute Gasteiger partial charge is 0.494 e. The van der Waals surface area contributed by atoms with Gasteiger partial charge in [0.2, 0.25) is 0 Å². The maximum Gasteiger partial charge on any atom is 0.284 e. The van der Waals surface area contributed by atoms with Crippen molar-refractivity contribution in [3.63, 3.8) is 0 Å². The molecule has 36 heavy (non-hydrogen) atoms. The lowest BCUT2D eigenvalue weighted by Crippen LogP contribution is -2.31. The summed E-state index contributed by atoms with van der Waals surface area (Å²) in [6, 6.07) is 9.14. The third-order valence-corrected chi connectivity index (χ3v) is 6.51. The molecule has 1 atom stereocenters. The van der Waals surface area contributed by atoms with Gasteiger partial charge in [-0.3, -0.25) is 9.59 Å². The number of fused-ring (bicyclic) bond motifs is 1. The number of nitrogens with one attached hydrogen (secondary N) is 1. The molecule has 0 saturated carbocycles. The number of benzene rings is 2. The van der Waals surface area contributed by atoms with Crippen LogP contribution in [0.4, 0.5) is 15.8 Å². The van der Waals surface area contributed by atoms with Crippen molar-refractivity contribution in [2.24, 2.45) is 12.8 Å². The number of anilines is 2. The van der Waals surface area contributed by atoms with Crippen LogP contribution in [-0.2, 0) is 7.05 Å². The number of carbonyl (C=O) groups excluding carboxylic acids is 1. The standard InChI is InChI=1S/C25H26FN7O3/c1-14-29-21-19(31(14)2)8-7-18(23(21)32-12-10-15(27)13-32)30-24(34)16-9-11-28-33(25(16)35)22-17(26)5-4-6-20(22)36-3/h4-9,11,15H,10,12-13,27H2,1-3H3,(H,30,34)/t15-/m0/s1. The first-order valence-electron chi connectivity index (χ1n) is 11.5. The number of nitrogens with two attached hydrogens (primary N) is 1. The fourth-order valence-corrected chi connectivity index (χ4v) is 4.57. The number of hydrogen-bond donors (Lipinski definition) is 2. The summed E-state index contributed by atoms with van der Waals surface area (Å²) in [7, 11) is 3.29. The Bertz CT molecular complexity index is 1540. The predicted octanol–water partition coefficient (Wildman–Crippen LogP) is 2.37. The number of rotatable bonds is 5. The Kier molecular flexibility index (Phi) is 5.92.